The van der Waals surface area contributed by atoms with E-state index in [9.17, 15) is 0 Å². The van der Waals surface area contributed by atoms with Gasteiger partial charge in [-0.1, -0.05) is 38.6 Å². The summed E-state index contributed by atoms with van der Waals surface area (Å²) >= 11 is 1.81. The average Bonchev–Trinajstić information content (AvgIpc) is 2.54. The molecule has 1 aliphatic heterocycles. The Kier molecular flexibility index (Phi) is 5.75. The fourth-order valence-electron chi connectivity index (χ4n) is 3.37. The Hall–Kier alpha value is -1.65. The van der Waals surface area contributed by atoms with E-state index in [4.69, 9.17) is 9.16 Å². The lowest BCUT2D eigenvalue weighted by atomic mass is 9.86. The predicted octanol–water partition coefficient (Wildman–Crippen LogP) is 7.07. The first-order valence-corrected chi connectivity index (χ1v) is 13.6. The number of hydrogen-bond acceptors (Lipinski definition) is 3. The Labute approximate surface area is 176 Å². The van der Waals surface area contributed by atoms with Gasteiger partial charge in [0.2, 0.25) is 9.04 Å². The summed E-state index contributed by atoms with van der Waals surface area (Å²) in [6, 6.07) is 12.9. The summed E-state index contributed by atoms with van der Waals surface area (Å²) < 4.78 is 12.5. The van der Waals surface area contributed by atoms with E-state index in [1.165, 1.54) is 20.9 Å². The van der Waals surface area contributed by atoms with Crippen molar-refractivity contribution >= 4 is 26.9 Å². The minimum absolute atomic E-state index is 0.0139. The predicted molar refractivity (Wildman–Crippen MR) is 124 cm³/mol. The highest BCUT2D eigenvalue weighted by Gasteiger charge is 2.28. The summed E-state index contributed by atoms with van der Waals surface area (Å²) in [5.74, 6) is 2.00. The van der Waals surface area contributed by atoms with Crippen molar-refractivity contribution in [2.45, 2.75) is 75.4 Å². The second-order valence-electron chi connectivity index (χ2n) is 9.29. The molecule has 0 aromatic heterocycles. The van der Waals surface area contributed by atoms with E-state index in [2.05, 4.69) is 97.1 Å². The monoisotopic (exact) mass is 412 g/mol. The molecule has 0 radical (unpaired) electrons. The van der Waals surface area contributed by atoms with Crippen LogP contribution in [0.15, 0.2) is 51.8 Å². The molecule has 0 spiro atoms. The smallest absolute Gasteiger partial charge is 0.229 e. The fraction of sp³-hybridized carbons (Fsp3) is 0.417. The Morgan fingerprint density at radius 3 is 2.43 bits per heavy atom. The topological polar surface area (TPSA) is 18.5 Å². The summed E-state index contributed by atoms with van der Waals surface area (Å²) in [5, 5.41) is 0. The van der Waals surface area contributed by atoms with Crippen LogP contribution in [0.2, 0.25) is 13.1 Å². The highest BCUT2D eigenvalue weighted by atomic mass is 32.2. The third-order valence-corrected chi connectivity index (χ3v) is 6.77. The molecule has 0 amide bonds. The average molecular weight is 413 g/mol. The maximum absolute atomic E-state index is 6.27. The molecule has 0 bridgehead atoms. The zero-order valence-electron chi connectivity index (χ0n) is 18.3. The van der Waals surface area contributed by atoms with Crippen LogP contribution in [-0.4, -0.2) is 14.6 Å². The third kappa shape index (κ3) is 4.49. The second kappa shape index (κ2) is 7.64. The quantitative estimate of drug-likeness (QED) is 0.500. The summed E-state index contributed by atoms with van der Waals surface area (Å²) in [6.45, 7) is 17.6. The highest BCUT2D eigenvalue weighted by molar-refractivity contribution is 7.99. The molecular formula is C24H32O2SSi. The van der Waals surface area contributed by atoms with E-state index in [1.807, 2.05) is 0 Å². The van der Waals surface area contributed by atoms with Crippen molar-refractivity contribution in [1.29, 1.82) is 0 Å². The van der Waals surface area contributed by atoms with Gasteiger partial charge in [-0.15, -0.1) is 0 Å². The molecule has 2 nitrogen and oxygen atoms in total. The molecule has 0 atom stereocenters. The summed E-state index contributed by atoms with van der Waals surface area (Å²) in [4.78, 5) is 2.48. The Bertz CT molecular complexity index is 907. The Morgan fingerprint density at radius 1 is 1.07 bits per heavy atom. The molecule has 4 heteroatoms. The minimum atomic E-state index is -1.17. The van der Waals surface area contributed by atoms with Gasteiger partial charge < -0.3 is 9.16 Å². The maximum atomic E-state index is 6.27. The van der Waals surface area contributed by atoms with Crippen LogP contribution < -0.4 is 9.16 Å². The van der Waals surface area contributed by atoms with Gasteiger partial charge in [0.25, 0.3) is 0 Å². The van der Waals surface area contributed by atoms with Crippen LogP contribution in [0.3, 0.4) is 0 Å². The third-order valence-electron chi connectivity index (χ3n) is 5.00. The first kappa shape index (κ1) is 21.1. The van der Waals surface area contributed by atoms with Gasteiger partial charge in [-0.25, -0.2) is 0 Å². The van der Waals surface area contributed by atoms with Crippen molar-refractivity contribution in [3.05, 3.63) is 53.1 Å². The SMILES string of the molecule is CC1=Cc2cc(Sc3cccc(O[SiH](C)C)c3C(C)(C)C)ccc2OC1(C)C. The van der Waals surface area contributed by atoms with Gasteiger partial charge in [-0.05, 0) is 81.3 Å². The van der Waals surface area contributed by atoms with E-state index in [-0.39, 0.29) is 11.0 Å². The molecule has 0 fully saturated rings. The molecular weight excluding hydrogens is 380 g/mol. The van der Waals surface area contributed by atoms with E-state index in [0.29, 0.717) is 0 Å². The molecule has 0 saturated heterocycles. The molecule has 0 aliphatic carbocycles. The van der Waals surface area contributed by atoms with Crippen LogP contribution in [0.4, 0.5) is 0 Å². The van der Waals surface area contributed by atoms with Crippen LogP contribution >= 0.6 is 11.8 Å². The van der Waals surface area contributed by atoms with Gasteiger partial charge in [0.05, 0.1) is 0 Å². The standard InChI is InChI=1S/C24H32O2SSi/c1-16-14-17-15-18(12-13-19(17)25-24(16,5)6)27-21-11-9-10-20(26-28(7)8)22(21)23(2,3)4/h9-15,28H,1-8H3. The Balaban J connectivity index is 1.99. The van der Waals surface area contributed by atoms with Crippen LogP contribution in [-0.2, 0) is 5.41 Å². The van der Waals surface area contributed by atoms with Crippen molar-refractivity contribution in [3.8, 4) is 11.5 Å². The molecule has 1 aliphatic rings. The van der Waals surface area contributed by atoms with E-state index >= 15 is 0 Å². The first-order valence-electron chi connectivity index (χ1n) is 9.97. The number of benzene rings is 2. The molecule has 1 heterocycles. The van der Waals surface area contributed by atoms with Crippen LogP contribution in [0.5, 0.6) is 11.5 Å². The van der Waals surface area contributed by atoms with Crippen LogP contribution in [0.1, 0.15) is 52.7 Å². The van der Waals surface area contributed by atoms with E-state index in [0.717, 1.165) is 17.1 Å². The van der Waals surface area contributed by atoms with Crippen LogP contribution in [0, 0.1) is 0 Å². The molecule has 0 saturated carbocycles. The molecule has 28 heavy (non-hydrogen) atoms. The van der Waals surface area contributed by atoms with Crippen LogP contribution in [0.25, 0.3) is 6.08 Å². The van der Waals surface area contributed by atoms with Gasteiger partial charge >= 0.3 is 0 Å². The van der Waals surface area contributed by atoms with Gasteiger partial charge in [0.15, 0.2) is 0 Å². The van der Waals surface area contributed by atoms with Crippen molar-refractivity contribution in [3.63, 3.8) is 0 Å². The Morgan fingerprint density at radius 2 is 1.79 bits per heavy atom. The molecule has 2 aromatic carbocycles. The number of ether oxygens (including phenoxy) is 1. The van der Waals surface area contributed by atoms with Crippen molar-refractivity contribution in [1.82, 2.24) is 0 Å². The molecule has 3 rings (SSSR count). The fourth-order valence-corrected chi connectivity index (χ4v) is 5.31. The van der Waals surface area contributed by atoms with Gasteiger partial charge in [0.1, 0.15) is 17.1 Å². The lowest BCUT2D eigenvalue weighted by molar-refractivity contribution is 0.145. The lowest BCUT2D eigenvalue weighted by Crippen LogP contribution is -2.31. The zero-order valence-corrected chi connectivity index (χ0v) is 20.3. The molecule has 2 aromatic rings. The number of hydrogen-bond donors (Lipinski definition) is 0. The highest BCUT2D eigenvalue weighted by Crippen LogP contribution is 2.44. The first-order chi connectivity index (χ1) is 13.0. The normalized spacial score (nSPS) is 15.7. The minimum Gasteiger partial charge on any atom is -0.547 e. The van der Waals surface area contributed by atoms with Gasteiger partial charge in [-0.3, -0.25) is 0 Å². The van der Waals surface area contributed by atoms with Crippen molar-refractivity contribution in [2.75, 3.05) is 0 Å². The number of fused-ring (bicyclic) bond motifs is 1. The second-order valence-corrected chi connectivity index (χ2v) is 12.7. The van der Waals surface area contributed by atoms with Gasteiger partial charge in [0, 0.05) is 20.9 Å². The maximum Gasteiger partial charge on any atom is 0.229 e. The molecule has 0 unspecified atom stereocenters. The number of rotatable bonds is 4. The summed E-state index contributed by atoms with van der Waals surface area (Å²) in [6.07, 6.45) is 2.25. The summed E-state index contributed by atoms with van der Waals surface area (Å²) in [5.41, 5.74) is 3.46. The van der Waals surface area contributed by atoms with Gasteiger partial charge in [-0.2, -0.15) is 0 Å². The molecule has 150 valence electrons. The largest absolute Gasteiger partial charge is 0.547 e. The van der Waals surface area contributed by atoms with E-state index in [1.54, 1.807) is 11.8 Å². The lowest BCUT2D eigenvalue weighted by Gasteiger charge is -2.32. The molecule has 0 N–H and O–H groups in total. The summed E-state index contributed by atoms with van der Waals surface area (Å²) in [7, 11) is -1.17. The zero-order chi connectivity index (χ0) is 20.7. The van der Waals surface area contributed by atoms with E-state index < -0.39 is 9.04 Å². The van der Waals surface area contributed by atoms with Crippen molar-refractivity contribution < 1.29 is 9.16 Å². The van der Waals surface area contributed by atoms with Crippen molar-refractivity contribution in [2.24, 2.45) is 0 Å².